The molecule has 14 heavy (non-hydrogen) atoms. The molecule has 6 nitrogen and oxygen atoms in total. The van der Waals surface area contributed by atoms with Crippen molar-refractivity contribution in [2.75, 3.05) is 7.11 Å². The van der Waals surface area contributed by atoms with E-state index in [4.69, 9.17) is 9.84 Å². The van der Waals surface area contributed by atoms with Crippen LogP contribution in [0.2, 0.25) is 0 Å². The number of esters is 1. The van der Waals surface area contributed by atoms with Gasteiger partial charge in [-0.2, -0.15) is 0 Å². The number of carbonyl (C=O) groups excluding carboxylic acids is 1. The Hall–Kier alpha value is -1.59. The van der Waals surface area contributed by atoms with Crippen LogP contribution < -0.4 is 0 Å². The van der Waals surface area contributed by atoms with E-state index in [0.29, 0.717) is 0 Å². The molecule has 6 heteroatoms. The van der Waals surface area contributed by atoms with Crippen LogP contribution in [0.4, 0.5) is 0 Å². The second-order valence-electron chi connectivity index (χ2n) is 3.43. The summed E-state index contributed by atoms with van der Waals surface area (Å²) in [4.78, 5) is 25.9. The fourth-order valence-electron chi connectivity index (χ4n) is 0.581. The Morgan fingerprint density at radius 2 is 1.79 bits per heavy atom. The van der Waals surface area contributed by atoms with Gasteiger partial charge < -0.3 is 14.7 Å². The highest BCUT2D eigenvalue weighted by molar-refractivity contribution is 6.62. The molecule has 0 aromatic carbocycles. The summed E-state index contributed by atoms with van der Waals surface area (Å²) >= 11 is 0. The number of rotatable bonds is 3. The Morgan fingerprint density at radius 3 is 2.07 bits per heavy atom. The quantitative estimate of drug-likeness (QED) is 0.311. The van der Waals surface area contributed by atoms with Gasteiger partial charge in [-0.05, 0) is 20.8 Å². The summed E-state index contributed by atoms with van der Waals surface area (Å²) in [5, 5.41) is 11.6. The summed E-state index contributed by atoms with van der Waals surface area (Å²) in [6.45, 7) is 4.87. The van der Waals surface area contributed by atoms with Crippen molar-refractivity contribution in [3.8, 4) is 0 Å². The van der Waals surface area contributed by atoms with E-state index in [9.17, 15) is 9.59 Å². The molecule has 1 N–H and O–H groups in total. The molecule has 0 saturated carbocycles. The highest BCUT2D eigenvalue weighted by Gasteiger charge is 2.27. The number of carboxylic acids is 1. The lowest BCUT2D eigenvalue weighted by Gasteiger charge is -2.18. The van der Waals surface area contributed by atoms with Gasteiger partial charge in [-0.15, -0.1) is 0 Å². The minimum Gasteiger partial charge on any atom is -0.476 e. The fourth-order valence-corrected chi connectivity index (χ4v) is 0.581. The summed E-state index contributed by atoms with van der Waals surface area (Å²) in [7, 11) is 1.15. The number of carboxylic acid groups (broad SMARTS) is 1. The Balaban J connectivity index is 4.64. The first-order chi connectivity index (χ1) is 6.28. The Bertz CT molecular complexity index is 263. The zero-order valence-corrected chi connectivity index (χ0v) is 8.53. The van der Waals surface area contributed by atoms with Gasteiger partial charge in [0.25, 0.3) is 5.71 Å². The monoisotopic (exact) mass is 203 g/mol. The largest absolute Gasteiger partial charge is 0.476 e. The molecule has 0 aliphatic heterocycles. The molecule has 0 aliphatic rings. The highest BCUT2D eigenvalue weighted by Crippen LogP contribution is 2.07. The average Bonchev–Trinajstić information content (AvgIpc) is 1.95. The molecule has 0 bridgehead atoms. The second-order valence-corrected chi connectivity index (χ2v) is 3.43. The van der Waals surface area contributed by atoms with Gasteiger partial charge in [-0.1, -0.05) is 5.16 Å². The summed E-state index contributed by atoms with van der Waals surface area (Å²) in [6.07, 6.45) is 0. The second kappa shape index (κ2) is 4.59. The van der Waals surface area contributed by atoms with Crippen molar-refractivity contribution in [2.45, 2.75) is 26.4 Å². The molecule has 0 rings (SSSR count). The van der Waals surface area contributed by atoms with E-state index >= 15 is 0 Å². The van der Waals surface area contributed by atoms with Crippen LogP contribution in [0.3, 0.4) is 0 Å². The third kappa shape index (κ3) is 4.44. The molecule has 0 amide bonds. The van der Waals surface area contributed by atoms with Gasteiger partial charge in [0.2, 0.25) is 0 Å². The maximum atomic E-state index is 11.2. The van der Waals surface area contributed by atoms with Crippen LogP contribution in [-0.4, -0.2) is 35.5 Å². The Morgan fingerprint density at radius 1 is 1.29 bits per heavy atom. The van der Waals surface area contributed by atoms with Gasteiger partial charge in [0.05, 0.1) is 0 Å². The Labute approximate surface area is 81.5 Å². The van der Waals surface area contributed by atoms with E-state index in [1.54, 1.807) is 20.8 Å². The van der Waals surface area contributed by atoms with Crippen molar-refractivity contribution in [3.63, 3.8) is 0 Å². The third-order valence-corrected chi connectivity index (χ3v) is 0.977. The third-order valence-electron chi connectivity index (χ3n) is 0.977. The van der Waals surface area contributed by atoms with Crippen LogP contribution in [0.25, 0.3) is 0 Å². The molecular formula is C8H13NO5. The lowest BCUT2D eigenvalue weighted by atomic mass is 10.2. The van der Waals surface area contributed by atoms with E-state index in [-0.39, 0.29) is 0 Å². The number of aliphatic carboxylic acids is 1. The van der Waals surface area contributed by atoms with Gasteiger partial charge in [-0.3, -0.25) is 0 Å². The van der Waals surface area contributed by atoms with Crippen LogP contribution in [-0.2, 0) is 19.2 Å². The average molecular weight is 203 g/mol. The van der Waals surface area contributed by atoms with Crippen LogP contribution in [0.1, 0.15) is 20.8 Å². The first kappa shape index (κ1) is 12.4. The van der Waals surface area contributed by atoms with E-state index in [1.165, 1.54) is 0 Å². The number of hydrogen-bond acceptors (Lipinski definition) is 5. The molecule has 0 aromatic rings. The lowest BCUT2D eigenvalue weighted by molar-refractivity contribution is -0.147. The summed E-state index contributed by atoms with van der Waals surface area (Å²) < 4.78 is 4.78. The van der Waals surface area contributed by atoms with Gasteiger partial charge in [0, 0.05) is 0 Å². The van der Waals surface area contributed by atoms with Gasteiger partial charge >= 0.3 is 11.9 Å². The van der Waals surface area contributed by atoms with Crippen LogP contribution in [0.5, 0.6) is 0 Å². The maximum Gasteiger partial charge on any atom is 0.368 e. The normalized spacial score (nSPS) is 12.1. The van der Waals surface area contributed by atoms with Crippen molar-refractivity contribution in [3.05, 3.63) is 0 Å². The molecular weight excluding hydrogens is 190 g/mol. The summed E-state index contributed by atoms with van der Waals surface area (Å²) in [5.41, 5.74) is -1.54. The number of oxime groups is 1. The summed E-state index contributed by atoms with van der Waals surface area (Å²) in [5.74, 6) is -2.51. The lowest BCUT2D eigenvalue weighted by Crippen LogP contribution is -2.33. The van der Waals surface area contributed by atoms with E-state index in [2.05, 4.69) is 9.99 Å². The van der Waals surface area contributed by atoms with Crippen molar-refractivity contribution >= 4 is 17.7 Å². The number of hydrogen-bond donors (Lipinski definition) is 1. The van der Waals surface area contributed by atoms with Gasteiger partial charge in [-0.25, -0.2) is 9.59 Å². The standard InChI is InChI=1S/C8H13NO5/c1-8(2,3)14-7(12)5(6(10)11)9-13-4/h1-4H3,(H,10,11). The molecule has 0 aromatic heterocycles. The topological polar surface area (TPSA) is 85.2 Å². The zero-order chi connectivity index (χ0) is 11.4. The molecule has 0 unspecified atom stereocenters. The molecule has 0 radical (unpaired) electrons. The van der Waals surface area contributed by atoms with Crippen molar-refractivity contribution in [1.82, 2.24) is 0 Å². The molecule has 0 aliphatic carbocycles. The summed E-state index contributed by atoms with van der Waals surface area (Å²) in [6, 6.07) is 0. The molecule has 80 valence electrons. The molecule has 0 saturated heterocycles. The zero-order valence-electron chi connectivity index (χ0n) is 8.53. The van der Waals surface area contributed by atoms with E-state index < -0.39 is 23.3 Å². The minimum atomic E-state index is -1.49. The van der Waals surface area contributed by atoms with Crippen molar-refractivity contribution in [1.29, 1.82) is 0 Å². The van der Waals surface area contributed by atoms with E-state index in [0.717, 1.165) is 7.11 Å². The fraction of sp³-hybridized carbons (Fsp3) is 0.625. The Kier molecular flexibility index (Phi) is 4.07. The first-order valence-electron chi connectivity index (χ1n) is 3.85. The smallest absolute Gasteiger partial charge is 0.368 e. The molecule has 0 heterocycles. The predicted octanol–water partition coefficient (Wildman–Crippen LogP) is 0.415. The number of nitrogens with zero attached hydrogens (tertiary/aromatic N) is 1. The maximum absolute atomic E-state index is 11.2. The van der Waals surface area contributed by atoms with Crippen molar-refractivity contribution < 1.29 is 24.3 Å². The first-order valence-corrected chi connectivity index (χ1v) is 3.85. The van der Waals surface area contributed by atoms with Gasteiger partial charge in [0.1, 0.15) is 12.7 Å². The molecule has 0 spiro atoms. The number of ether oxygens (including phenoxy) is 1. The SMILES string of the molecule is CON=C(C(=O)O)C(=O)OC(C)(C)C. The molecule has 0 fully saturated rings. The van der Waals surface area contributed by atoms with Crippen molar-refractivity contribution in [2.24, 2.45) is 5.16 Å². The van der Waals surface area contributed by atoms with Gasteiger partial charge in [0.15, 0.2) is 0 Å². The van der Waals surface area contributed by atoms with Crippen LogP contribution in [0.15, 0.2) is 5.16 Å². The van der Waals surface area contributed by atoms with E-state index in [1.807, 2.05) is 0 Å². The highest BCUT2D eigenvalue weighted by atomic mass is 16.6. The minimum absolute atomic E-state index is 0.763. The van der Waals surface area contributed by atoms with Crippen LogP contribution in [0, 0.1) is 0 Å². The number of carbonyl (C=O) groups is 2. The predicted molar refractivity (Wildman–Crippen MR) is 47.9 cm³/mol. The van der Waals surface area contributed by atoms with Crippen LogP contribution >= 0.6 is 0 Å². The molecule has 0 atom stereocenters.